The fourth-order valence-electron chi connectivity index (χ4n) is 3.40. The molecule has 5 nitrogen and oxygen atoms in total. The number of thiophene rings is 1. The summed E-state index contributed by atoms with van der Waals surface area (Å²) in [5.41, 5.74) is 2.42. The minimum absolute atomic E-state index is 0.158. The third-order valence-electron chi connectivity index (χ3n) is 4.91. The van der Waals surface area contributed by atoms with Gasteiger partial charge in [-0.2, -0.15) is 0 Å². The van der Waals surface area contributed by atoms with Gasteiger partial charge in [-0.3, -0.25) is 9.59 Å². The summed E-state index contributed by atoms with van der Waals surface area (Å²) in [5.74, 6) is 1.07. The molecule has 6 heteroatoms. The molecule has 0 saturated heterocycles. The summed E-state index contributed by atoms with van der Waals surface area (Å²) in [4.78, 5) is 25.9. The van der Waals surface area contributed by atoms with E-state index in [-0.39, 0.29) is 11.8 Å². The van der Waals surface area contributed by atoms with Gasteiger partial charge in [0, 0.05) is 17.5 Å². The van der Waals surface area contributed by atoms with Crippen LogP contribution in [0.3, 0.4) is 0 Å². The quantitative estimate of drug-likeness (QED) is 0.623. The van der Waals surface area contributed by atoms with Crippen LogP contribution in [0.1, 0.15) is 60.8 Å². The number of anilines is 2. The highest BCUT2D eigenvalue weighted by atomic mass is 32.1. The maximum atomic E-state index is 13.0. The molecule has 28 heavy (non-hydrogen) atoms. The van der Waals surface area contributed by atoms with Crippen LogP contribution in [0, 0.1) is 5.92 Å². The summed E-state index contributed by atoms with van der Waals surface area (Å²) in [6, 6.07) is 7.42. The van der Waals surface area contributed by atoms with Crippen LogP contribution in [0.5, 0.6) is 5.75 Å². The van der Waals surface area contributed by atoms with Gasteiger partial charge in [-0.05, 0) is 61.4 Å². The number of rotatable bonds is 7. The topological polar surface area (TPSA) is 67.4 Å². The van der Waals surface area contributed by atoms with Gasteiger partial charge in [0.05, 0.1) is 12.2 Å². The van der Waals surface area contributed by atoms with Crippen LogP contribution >= 0.6 is 11.3 Å². The zero-order chi connectivity index (χ0) is 20.1. The Morgan fingerprint density at radius 2 is 1.96 bits per heavy atom. The maximum absolute atomic E-state index is 13.0. The number of carbonyl (C=O) groups excluding carboxylic acids is 2. The van der Waals surface area contributed by atoms with Crippen molar-refractivity contribution in [2.24, 2.45) is 5.92 Å². The monoisotopic (exact) mass is 400 g/mol. The summed E-state index contributed by atoms with van der Waals surface area (Å²) >= 11 is 1.53. The third kappa shape index (κ3) is 4.93. The molecule has 1 aliphatic carbocycles. The lowest BCUT2D eigenvalue weighted by Gasteiger charge is -2.18. The van der Waals surface area contributed by atoms with E-state index in [1.807, 2.05) is 24.3 Å². The van der Waals surface area contributed by atoms with Crippen molar-refractivity contribution in [2.45, 2.75) is 52.9 Å². The van der Waals surface area contributed by atoms with Crippen molar-refractivity contribution < 1.29 is 14.3 Å². The number of ether oxygens (including phenoxy) is 1. The van der Waals surface area contributed by atoms with E-state index >= 15 is 0 Å². The van der Waals surface area contributed by atoms with Crippen LogP contribution in [0.25, 0.3) is 0 Å². The van der Waals surface area contributed by atoms with Gasteiger partial charge in [0.1, 0.15) is 10.8 Å². The molecule has 2 aromatic rings. The van der Waals surface area contributed by atoms with Gasteiger partial charge in [-0.25, -0.2) is 0 Å². The van der Waals surface area contributed by atoms with Crippen LogP contribution in [-0.4, -0.2) is 18.4 Å². The van der Waals surface area contributed by atoms with Crippen LogP contribution in [0.15, 0.2) is 24.3 Å². The second-order valence-electron chi connectivity index (χ2n) is 7.42. The normalized spacial score (nSPS) is 15.6. The van der Waals surface area contributed by atoms with Crippen LogP contribution in [-0.2, 0) is 17.6 Å². The smallest absolute Gasteiger partial charge is 0.258 e. The third-order valence-corrected chi connectivity index (χ3v) is 6.08. The van der Waals surface area contributed by atoms with Gasteiger partial charge in [-0.1, -0.05) is 20.3 Å². The predicted octanol–water partition coefficient (Wildman–Crippen LogP) is 5.26. The van der Waals surface area contributed by atoms with Crippen molar-refractivity contribution in [3.05, 3.63) is 40.3 Å². The fourth-order valence-corrected chi connectivity index (χ4v) is 4.86. The van der Waals surface area contributed by atoms with Crippen LogP contribution in [0.2, 0.25) is 0 Å². The first kappa shape index (κ1) is 20.4. The minimum atomic E-state index is -0.171. The largest absolute Gasteiger partial charge is 0.494 e. The predicted molar refractivity (Wildman–Crippen MR) is 115 cm³/mol. The van der Waals surface area contributed by atoms with Gasteiger partial charge in [0.15, 0.2) is 0 Å². The summed E-state index contributed by atoms with van der Waals surface area (Å²) in [7, 11) is 0. The van der Waals surface area contributed by atoms with E-state index in [4.69, 9.17) is 4.74 Å². The highest BCUT2D eigenvalue weighted by Crippen LogP contribution is 2.40. The number of hydrogen-bond donors (Lipinski definition) is 2. The molecule has 150 valence electrons. The molecule has 2 amide bonds. The standard InChI is InChI=1S/C22H28N2O3S/c1-4-5-12-27-17-9-7-16(8-10-17)24-21(26)20-18-11-6-14(2)13-19(18)28-22(20)23-15(3)25/h7-10,14H,4-6,11-13H2,1-3H3,(H,23,25)(H,24,26)/t14-/m0/s1. The van der Waals surface area contributed by atoms with E-state index in [1.165, 1.54) is 23.1 Å². The number of fused-ring (bicyclic) bond motifs is 1. The van der Waals surface area contributed by atoms with Crippen molar-refractivity contribution in [1.82, 2.24) is 0 Å². The molecule has 0 aliphatic heterocycles. The highest BCUT2D eigenvalue weighted by molar-refractivity contribution is 7.17. The lowest BCUT2D eigenvalue weighted by atomic mass is 9.88. The molecule has 0 fully saturated rings. The minimum Gasteiger partial charge on any atom is -0.494 e. The van der Waals surface area contributed by atoms with Gasteiger partial charge >= 0.3 is 0 Å². The second kappa shape index (κ2) is 9.24. The van der Waals surface area contributed by atoms with Crippen molar-refractivity contribution >= 4 is 33.8 Å². The number of benzene rings is 1. The molecule has 1 aliphatic rings. The first-order valence-corrected chi connectivity index (χ1v) is 10.8. The first-order chi connectivity index (χ1) is 13.5. The van der Waals surface area contributed by atoms with Crippen molar-refractivity contribution in [1.29, 1.82) is 0 Å². The number of hydrogen-bond acceptors (Lipinski definition) is 4. The Kier molecular flexibility index (Phi) is 6.73. The van der Waals surface area contributed by atoms with E-state index in [2.05, 4.69) is 24.5 Å². The van der Waals surface area contributed by atoms with Gasteiger partial charge < -0.3 is 15.4 Å². The number of unbranched alkanes of at least 4 members (excludes halogenated alkanes) is 1. The fraction of sp³-hybridized carbons (Fsp3) is 0.455. The Hall–Kier alpha value is -2.34. The van der Waals surface area contributed by atoms with E-state index in [0.717, 1.165) is 43.4 Å². The summed E-state index contributed by atoms with van der Waals surface area (Å²) in [6.07, 6.45) is 5.01. The molecule has 1 heterocycles. The summed E-state index contributed by atoms with van der Waals surface area (Å²) in [5, 5.41) is 6.48. The van der Waals surface area contributed by atoms with E-state index in [0.29, 0.717) is 28.8 Å². The Balaban J connectivity index is 1.77. The Morgan fingerprint density at radius 3 is 2.64 bits per heavy atom. The van der Waals surface area contributed by atoms with Crippen LogP contribution in [0.4, 0.5) is 10.7 Å². The zero-order valence-electron chi connectivity index (χ0n) is 16.8. The average Bonchev–Trinajstić information content (AvgIpc) is 2.99. The molecule has 3 rings (SSSR count). The zero-order valence-corrected chi connectivity index (χ0v) is 17.6. The molecule has 1 aromatic carbocycles. The van der Waals surface area contributed by atoms with Crippen molar-refractivity contribution in [3.63, 3.8) is 0 Å². The molecular weight excluding hydrogens is 372 g/mol. The molecule has 0 bridgehead atoms. The summed E-state index contributed by atoms with van der Waals surface area (Å²) in [6.45, 7) is 6.52. The van der Waals surface area contributed by atoms with Crippen molar-refractivity contribution in [3.8, 4) is 5.75 Å². The number of carbonyl (C=O) groups is 2. The van der Waals surface area contributed by atoms with Crippen molar-refractivity contribution in [2.75, 3.05) is 17.2 Å². The SMILES string of the molecule is CCCCOc1ccc(NC(=O)c2c(NC(C)=O)sc3c2CC[C@H](C)C3)cc1. The van der Waals surface area contributed by atoms with Crippen LogP contribution < -0.4 is 15.4 Å². The molecule has 1 aromatic heterocycles. The second-order valence-corrected chi connectivity index (χ2v) is 8.52. The first-order valence-electron chi connectivity index (χ1n) is 9.94. The molecule has 2 N–H and O–H groups in total. The molecule has 0 spiro atoms. The Bertz CT molecular complexity index is 842. The number of nitrogens with one attached hydrogen (secondary N) is 2. The maximum Gasteiger partial charge on any atom is 0.258 e. The summed E-state index contributed by atoms with van der Waals surface area (Å²) < 4.78 is 5.67. The lowest BCUT2D eigenvalue weighted by Crippen LogP contribution is -2.18. The van der Waals surface area contributed by atoms with E-state index in [1.54, 1.807) is 0 Å². The molecular formula is C22H28N2O3S. The van der Waals surface area contributed by atoms with E-state index < -0.39 is 0 Å². The van der Waals surface area contributed by atoms with E-state index in [9.17, 15) is 9.59 Å². The highest BCUT2D eigenvalue weighted by Gasteiger charge is 2.28. The van der Waals surface area contributed by atoms with Gasteiger partial charge in [0.25, 0.3) is 5.91 Å². The Morgan fingerprint density at radius 1 is 1.21 bits per heavy atom. The lowest BCUT2D eigenvalue weighted by molar-refractivity contribution is -0.114. The van der Waals surface area contributed by atoms with Gasteiger partial charge in [0.2, 0.25) is 5.91 Å². The molecule has 0 unspecified atom stereocenters. The number of amides is 2. The molecule has 1 atom stereocenters. The average molecular weight is 401 g/mol. The molecule has 0 saturated carbocycles. The Labute approximate surface area is 170 Å². The molecule has 0 radical (unpaired) electrons. The van der Waals surface area contributed by atoms with Gasteiger partial charge in [-0.15, -0.1) is 11.3 Å².